The van der Waals surface area contributed by atoms with Gasteiger partial charge in [-0.1, -0.05) is 30.3 Å². The van der Waals surface area contributed by atoms with Gasteiger partial charge in [-0.3, -0.25) is 9.59 Å². The first-order chi connectivity index (χ1) is 13.1. The van der Waals surface area contributed by atoms with Gasteiger partial charge in [-0.05, 0) is 44.2 Å². The summed E-state index contributed by atoms with van der Waals surface area (Å²) < 4.78 is 4.64. The number of likely N-dealkylation sites (tertiary alicyclic amines) is 2. The van der Waals surface area contributed by atoms with Crippen LogP contribution in [0.1, 0.15) is 44.1 Å². The number of carbonyl (C=O) groups excluding carboxylic acids is 2. The van der Waals surface area contributed by atoms with Gasteiger partial charge >= 0.3 is 5.97 Å². The Labute approximate surface area is 162 Å². The molecule has 1 aromatic carbocycles. The standard InChI is InChI=1S/C22H32N2O3/c1-27-21(26)10-5-9-20(25)24-16-13-22(18-24)12-6-14-23(17-22)15-11-19-7-3-2-4-8-19/h2-4,7-8H,5-6,9-18H2,1H3/t22-/m1/s1. The number of nitrogens with zero attached hydrogens (tertiary/aromatic N) is 2. The fourth-order valence-corrected chi connectivity index (χ4v) is 4.56. The second-order valence-corrected chi connectivity index (χ2v) is 8.11. The van der Waals surface area contributed by atoms with Gasteiger partial charge in [0.2, 0.25) is 5.91 Å². The van der Waals surface area contributed by atoms with Crippen molar-refractivity contribution >= 4 is 11.9 Å². The topological polar surface area (TPSA) is 49.9 Å². The van der Waals surface area contributed by atoms with Crippen LogP contribution in [0.5, 0.6) is 0 Å². The summed E-state index contributed by atoms with van der Waals surface area (Å²) in [6, 6.07) is 10.7. The summed E-state index contributed by atoms with van der Waals surface area (Å²) in [5, 5.41) is 0. The molecule has 3 rings (SSSR count). The highest BCUT2D eigenvalue weighted by Gasteiger charge is 2.42. The average Bonchev–Trinajstić information content (AvgIpc) is 3.10. The summed E-state index contributed by atoms with van der Waals surface area (Å²) in [6.07, 6.45) is 6.00. The number of piperidine rings is 1. The fourth-order valence-electron chi connectivity index (χ4n) is 4.56. The number of hydrogen-bond donors (Lipinski definition) is 0. The first-order valence-electron chi connectivity index (χ1n) is 10.2. The van der Waals surface area contributed by atoms with E-state index in [-0.39, 0.29) is 17.3 Å². The van der Waals surface area contributed by atoms with Gasteiger partial charge in [0.1, 0.15) is 0 Å². The van der Waals surface area contributed by atoms with Crippen LogP contribution in [0.15, 0.2) is 30.3 Å². The molecule has 1 amide bonds. The van der Waals surface area contributed by atoms with Gasteiger partial charge in [-0.15, -0.1) is 0 Å². The van der Waals surface area contributed by atoms with Crippen LogP contribution in [0.3, 0.4) is 0 Å². The van der Waals surface area contributed by atoms with E-state index in [9.17, 15) is 9.59 Å². The monoisotopic (exact) mass is 372 g/mol. The maximum atomic E-state index is 12.5. The number of hydrogen-bond acceptors (Lipinski definition) is 4. The summed E-state index contributed by atoms with van der Waals surface area (Å²) in [4.78, 5) is 28.3. The van der Waals surface area contributed by atoms with E-state index >= 15 is 0 Å². The van der Waals surface area contributed by atoms with Gasteiger partial charge in [0.05, 0.1) is 7.11 Å². The zero-order chi connectivity index (χ0) is 19.1. The van der Waals surface area contributed by atoms with E-state index in [0.29, 0.717) is 19.3 Å². The number of methoxy groups -OCH3 is 1. The largest absolute Gasteiger partial charge is 0.469 e. The minimum absolute atomic E-state index is 0.192. The summed E-state index contributed by atoms with van der Waals surface area (Å²) in [5.74, 6) is -0.0424. The second-order valence-electron chi connectivity index (χ2n) is 8.11. The molecule has 2 saturated heterocycles. The number of benzene rings is 1. The van der Waals surface area contributed by atoms with Crippen molar-refractivity contribution in [2.45, 2.75) is 44.9 Å². The Morgan fingerprint density at radius 3 is 2.67 bits per heavy atom. The summed E-state index contributed by atoms with van der Waals surface area (Å²) in [6.45, 7) is 5.11. The van der Waals surface area contributed by atoms with E-state index in [1.807, 2.05) is 4.90 Å². The molecule has 0 aliphatic carbocycles. The van der Waals surface area contributed by atoms with Gasteiger partial charge in [0.15, 0.2) is 0 Å². The van der Waals surface area contributed by atoms with Crippen molar-refractivity contribution in [2.24, 2.45) is 5.41 Å². The van der Waals surface area contributed by atoms with Gasteiger partial charge < -0.3 is 14.5 Å². The van der Waals surface area contributed by atoms with Crippen LogP contribution in [-0.4, -0.2) is 61.5 Å². The molecule has 148 valence electrons. The third kappa shape index (κ3) is 5.55. The highest BCUT2D eigenvalue weighted by molar-refractivity contribution is 5.77. The van der Waals surface area contributed by atoms with E-state index < -0.39 is 0 Å². The SMILES string of the molecule is COC(=O)CCCC(=O)N1CC[C@@]2(CCCN(CCc3ccccc3)C2)C1. The lowest BCUT2D eigenvalue weighted by Crippen LogP contribution is -2.46. The Bertz CT molecular complexity index is 634. The van der Waals surface area contributed by atoms with Crippen LogP contribution >= 0.6 is 0 Å². The highest BCUT2D eigenvalue weighted by atomic mass is 16.5. The van der Waals surface area contributed by atoms with Crippen LogP contribution in [0.4, 0.5) is 0 Å². The van der Waals surface area contributed by atoms with E-state index in [2.05, 4.69) is 40.0 Å². The van der Waals surface area contributed by atoms with Crippen molar-refractivity contribution in [3.8, 4) is 0 Å². The van der Waals surface area contributed by atoms with E-state index in [1.54, 1.807) is 0 Å². The third-order valence-corrected chi connectivity index (χ3v) is 6.09. The molecule has 1 spiro atoms. The van der Waals surface area contributed by atoms with Gasteiger partial charge in [-0.2, -0.15) is 0 Å². The van der Waals surface area contributed by atoms with E-state index in [0.717, 1.165) is 39.0 Å². The molecule has 2 heterocycles. The molecule has 0 saturated carbocycles. The smallest absolute Gasteiger partial charge is 0.305 e. The highest BCUT2D eigenvalue weighted by Crippen LogP contribution is 2.39. The molecule has 27 heavy (non-hydrogen) atoms. The predicted molar refractivity (Wildman–Crippen MR) is 105 cm³/mol. The van der Waals surface area contributed by atoms with Gasteiger partial charge in [0.25, 0.3) is 0 Å². The lowest BCUT2D eigenvalue weighted by Gasteiger charge is -2.40. The van der Waals surface area contributed by atoms with Crippen LogP contribution in [0, 0.1) is 5.41 Å². The van der Waals surface area contributed by atoms with Crippen molar-refractivity contribution in [3.05, 3.63) is 35.9 Å². The zero-order valence-electron chi connectivity index (χ0n) is 16.5. The molecule has 5 nitrogen and oxygen atoms in total. The normalized spacial score (nSPS) is 22.9. The molecule has 2 fully saturated rings. The van der Waals surface area contributed by atoms with Crippen molar-refractivity contribution in [3.63, 3.8) is 0 Å². The molecule has 5 heteroatoms. The van der Waals surface area contributed by atoms with Gasteiger partial charge in [-0.25, -0.2) is 0 Å². The van der Waals surface area contributed by atoms with Crippen LogP contribution < -0.4 is 0 Å². The average molecular weight is 373 g/mol. The maximum absolute atomic E-state index is 12.5. The second kappa shape index (κ2) is 9.36. The maximum Gasteiger partial charge on any atom is 0.305 e. The first kappa shape index (κ1) is 19.9. The van der Waals surface area contributed by atoms with Gasteiger partial charge in [0, 0.05) is 44.4 Å². The number of carbonyl (C=O) groups is 2. The third-order valence-electron chi connectivity index (χ3n) is 6.09. The molecule has 0 unspecified atom stereocenters. The Morgan fingerprint density at radius 1 is 1.07 bits per heavy atom. The minimum atomic E-state index is -0.234. The van der Waals surface area contributed by atoms with E-state index in [1.165, 1.54) is 32.1 Å². The molecule has 2 aliphatic heterocycles. The number of esters is 1. The lowest BCUT2D eigenvalue weighted by atomic mass is 9.79. The molecule has 2 aliphatic rings. The van der Waals surface area contributed by atoms with Crippen LogP contribution in [0.2, 0.25) is 0 Å². The molecular weight excluding hydrogens is 340 g/mol. The molecule has 1 atom stereocenters. The van der Waals surface area contributed by atoms with E-state index in [4.69, 9.17) is 0 Å². The predicted octanol–water partition coefficient (Wildman–Crippen LogP) is 2.89. The molecule has 0 aromatic heterocycles. The van der Waals surface area contributed by atoms with Crippen LogP contribution in [-0.2, 0) is 20.7 Å². The number of amides is 1. The molecule has 1 aromatic rings. The number of rotatable bonds is 7. The first-order valence-corrected chi connectivity index (χ1v) is 10.2. The Kier molecular flexibility index (Phi) is 6.89. The zero-order valence-corrected chi connectivity index (χ0v) is 16.5. The molecule has 0 bridgehead atoms. The Hall–Kier alpha value is -1.88. The summed E-state index contributed by atoms with van der Waals surface area (Å²) in [7, 11) is 1.39. The quantitative estimate of drug-likeness (QED) is 0.691. The summed E-state index contributed by atoms with van der Waals surface area (Å²) in [5.41, 5.74) is 1.67. The summed E-state index contributed by atoms with van der Waals surface area (Å²) >= 11 is 0. The number of ether oxygens (including phenoxy) is 1. The fraction of sp³-hybridized carbons (Fsp3) is 0.636. The van der Waals surface area contributed by atoms with Crippen molar-refractivity contribution < 1.29 is 14.3 Å². The Balaban J connectivity index is 1.45. The van der Waals surface area contributed by atoms with Crippen molar-refractivity contribution in [2.75, 3.05) is 39.8 Å². The lowest BCUT2D eigenvalue weighted by molar-refractivity contribution is -0.140. The molecule has 0 N–H and O–H groups in total. The van der Waals surface area contributed by atoms with Crippen molar-refractivity contribution in [1.29, 1.82) is 0 Å². The van der Waals surface area contributed by atoms with Crippen molar-refractivity contribution in [1.82, 2.24) is 9.80 Å². The van der Waals surface area contributed by atoms with Crippen LogP contribution in [0.25, 0.3) is 0 Å². The minimum Gasteiger partial charge on any atom is -0.469 e. The molecule has 0 radical (unpaired) electrons. The molecular formula is C22H32N2O3. The Morgan fingerprint density at radius 2 is 1.89 bits per heavy atom.